The summed E-state index contributed by atoms with van der Waals surface area (Å²) in [6.45, 7) is 2.84. The van der Waals surface area contributed by atoms with Crippen LogP contribution in [0.1, 0.15) is 30.8 Å². The van der Waals surface area contributed by atoms with E-state index in [0.29, 0.717) is 32.0 Å². The topological polar surface area (TPSA) is 83.5 Å². The summed E-state index contributed by atoms with van der Waals surface area (Å²) in [4.78, 5) is 0. The first-order valence-corrected chi connectivity index (χ1v) is 12.8. The first-order valence-electron chi connectivity index (χ1n) is 11.4. The van der Waals surface area contributed by atoms with Gasteiger partial charge < -0.3 is 28.8 Å². The predicted octanol–water partition coefficient (Wildman–Crippen LogP) is 2.95. The molecule has 2 aromatic rings. The van der Waals surface area contributed by atoms with Crippen LogP contribution in [0.15, 0.2) is 60.7 Å². The molecule has 0 aliphatic carbocycles. The molecule has 0 spiro atoms. The van der Waals surface area contributed by atoms with Crippen molar-refractivity contribution in [1.82, 2.24) is 0 Å². The average molecular weight is 477 g/mol. The molecule has 8 heteroatoms. The van der Waals surface area contributed by atoms with Crippen LogP contribution in [-0.4, -0.2) is 64.7 Å². The maximum atomic E-state index is 12.9. The summed E-state index contributed by atoms with van der Waals surface area (Å²) in [6, 6.07) is 19.6. The molecule has 0 radical (unpaired) electrons. The zero-order valence-electron chi connectivity index (χ0n) is 18.8. The minimum Gasteiger partial charge on any atom is -0.396 e. The molecule has 0 aromatic heterocycles. The van der Waals surface area contributed by atoms with Gasteiger partial charge in [-0.1, -0.05) is 67.6 Å². The molecule has 33 heavy (non-hydrogen) atoms. The third-order valence-electron chi connectivity index (χ3n) is 5.80. The fraction of sp³-hybridized carbons (Fsp3) is 0.520. The first kappa shape index (κ1) is 24.5. The van der Waals surface area contributed by atoms with Crippen molar-refractivity contribution in [2.24, 2.45) is 0 Å². The lowest BCUT2D eigenvalue weighted by Crippen LogP contribution is -2.64. The van der Waals surface area contributed by atoms with Crippen LogP contribution < -0.4 is 0 Å². The van der Waals surface area contributed by atoms with E-state index in [-0.39, 0.29) is 6.61 Å². The minimum atomic E-state index is -1.28. The zero-order chi connectivity index (χ0) is 23.0. The van der Waals surface area contributed by atoms with Crippen LogP contribution in [0.25, 0.3) is 0 Å². The number of aliphatic hydroxyl groups excluding tert-OH is 1. The van der Waals surface area contributed by atoms with Gasteiger partial charge in [0.05, 0.1) is 24.0 Å². The molecule has 0 bridgehead atoms. The van der Waals surface area contributed by atoms with E-state index in [1.165, 1.54) is 0 Å². The van der Waals surface area contributed by atoms with Crippen LogP contribution in [0, 0.1) is 0 Å². The molecule has 7 nitrogen and oxygen atoms in total. The van der Waals surface area contributed by atoms with Gasteiger partial charge in [-0.3, -0.25) is 4.21 Å². The Bertz CT molecular complexity index is 866. The highest BCUT2D eigenvalue weighted by Crippen LogP contribution is 2.37. The van der Waals surface area contributed by atoms with Crippen molar-refractivity contribution in [2.45, 2.75) is 56.1 Å². The van der Waals surface area contributed by atoms with Gasteiger partial charge in [0.1, 0.15) is 24.4 Å². The molecule has 0 saturated carbocycles. The van der Waals surface area contributed by atoms with E-state index < -0.39 is 46.9 Å². The molecule has 180 valence electrons. The van der Waals surface area contributed by atoms with Gasteiger partial charge >= 0.3 is 0 Å². The molecular weight excluding hydrogens is 444 g/mol. The Morgan fingerprint density at radius 2 is 1.73 bits per heavy atom. The van der Waals surface area contributed by atoms with E-state index >= 15 is 0 Å². The second kappa shape index (κ2) is 12.2. The number of fused-ring (bicyclic) bond motifs is 1. The third kappa shape index (κ3) is 6.08. The normalized spacial score (nSPS) is 30.5. The Kier molecular flexibility index (Phi) is 9.03. The monoisotopic (exact) mass is 476 g/mol. The Morgan fingerprint density at radius 3 is 2.42 bits per heavy atom. The maximum Gasteiger partial charge on any atom is 0.184 e. The second-order valence-electron chi connectivity index (χ2n) is 8.06. The van der Waals surface area contributed by atoms with Crippen molar-refractivity contribution < 1.29 is 33.0 Å². The highest BCUT2D eigenvalue weighted by atomic mass is 32.2. The fourth-order valence-electron chi connectivity index (χ4n) is 4.12. The van der Waals surface area contributed by atoms with E-state index in [1.807, 2.05) is 67.6 Å². The van der Waals surface area contributed by atoms with Crippen molar-refractivity contribution >= 4 is 10.8 Å². The zero-order valence-corrected chi connectivity index (χ0v) is 19.6. The van der Waals surface area contributed by atoms with Crippen molar-refractivity contribution in [1.29, 1.82) is 0 Å². The van der Waals surface area contributed by atoms with Gasteiger partial charge in [0.25, 0.3) is 0 Å². The van der Waals surface area contributed by atoms with Crippen LogP contribution in [0.4, 0.5) is 0 Å². The van der Waals surface area contributed by atoms with E-state index in [2.05, 4.69) is 0 Å². The molecular formula is C25H32O7S. The number of ether oxygens (including phenoxy) is 5. The van der Waals surface area contributed by atoms with Gasteiger partial charge in [0, 0.05) is 24.5 Å². The molecule has 2 aromatic carbocycles. The second-order valence-corrected chi connectivity index (χ2v) is 9.87. The summed E-state index contributed by atoms with van der Waals surface area (Å²) >= 11 is 0. The van der Waals surface area contributed by atoms with Crippen LogP contribution in [0.5, 0.6) is 0 Å². The third-order valence-corrected chi connectivity index (χ3v) is 7.26. The van der Waals surface area contributed by atoms with Crippen LogP contribution >= 0.6 is 0 Å². The van der Waals surface area contributed by atoms with Crippen LogP contribution in [0.2, 0.25) is 0 Å². The standard InChI is InChI=1S/C25H32O7S/c1-2-33(27)25-23(28-15-9-14-26)22(29-16-18-10-5-3-6-11-18)21-20(31-25)17-30-24(32-21)19-12-7-4-8-13-19/h3-8,10-13,20-26H,2,9,14-17H2,1H3/t20-,21-,22+,23+,24-,25-,33+/m1/s1. The fourth-order valence-corrected chi connectivity index (χ4v) is 5.25. The molecule has 2 heterocycles. The molecule has 2 aliphatic rings. The average Bonchev–Trinajstić information content (AvgIpc) is 2.88. The number of benzene rings is 2. The highest BCUT2D eigenvalue weighted by Gasteiger charge is 2.52. The van der Waals surface area contributed by atoms with E-state index in [4.69, 9.17) is 23.7 Å². The van der Waals surface area contributed by atoms with E-state index in [9.17, 15) is 9.32 Å². The quantitative estimate of drug-likeness (QED) is 0.528. The molecule has 4 rings (SSSR count). The molecule has 2 fully saturated rings. The molecule has 2 aliphatic heterocycles. The van der Waals surface area contributed by atoms with Gasteiger partial charge in [0.15, 0.2) is 11.7 Å². The lowest BCUT2D eigenvalue weighted by Gasteiger charge is -2.49. The number of aliphatic hydroxyl groups is 1. The largest absolute Gasteiger partial charge is 0.396 e. The summed E-state index contributed by atoms with van der Waals surface area (Å²) in [7, 11) is -1.28. The Morgan fingerprint density at radius 1 is 1.00 bits per heavy atom. The van der Waals surface area contributed by atoms with Gasteiger partial charge in [-0.25, -0.2) is 0 Å². The van der Waals surface area contributed by atoms with Crippen molar-refractivity contribution in [3.8, 4) is 0 Å². The molecule has 1 N–H and O–H groups in total. The maximum absolute atomic E-state index is 12.9. The summed E-state index contributed by atoms with van der Waals surface area (Å²) in [5.41, 5.74) is 1.26. The Hall–Kier alpha value is -1.65. The van der Waals surface area contributed by atoms with Crippen LogP contribution in [0.3, 0.4) is 0 Å². The minimum absolute atomic E-state index is 0.0110. The van der Waals surface area contributed by atoms with Gasteiger partial charge in [-0.2, -0.15) is 0 Å². The lowest BCUT2D eigenvalue weighted by molar-refractivity contribution is -0.329. The van der Waals surface area contributed by atoms with Gasteiger partial charge in [-0.05, 0) is 12.0 Å². The SMILES string of the molecule is CC[S@](=O)[C@H]1O[C@@H]2CO[C@@H](c3ccccc3)O[C@H]2[C@H](OCc2ccccc2)[C@@H]1OCCCO. The van der Waals surface area contributed by atoms with Crippen LogP contribution in [-0.2, 0) is 41.1 Å². The number of rotatable bonds is 10. The predicted molar refractivity (Wildman–Crippen MR) is 124 cm³/mol. The summed E-state index contributed by atoms with van der Waals surface area (Å²) in [5, 5.41) is 9.24. The summed E-state index contributed by atoms with van der Waals surface area (Å²) in [6.07, 6.45) is -2.08. The van der Waals surface area contributed by atoms with Gasteiger partial charge in [-0.15, -0.1) is 0 Å². The Labute approximate surface area is 197 Å². The van der Waals surface area contributed by atoms with Gasteiger partial charge in [0.2, 0.25) is 0 Å². The van der Waals surface area contributed by atoms with Crippen molar-refractivity contribution in [3.05, 3.63) is 71.8 Å². The van der Waals surface area contributed by atoms with E-state index in [0.717, 1.165) is 11.1 Å². The van der Waals surface area contributed by atoms with Crippen molar-refractivity contribution in [3.63, 3.8) is 0 Å². The van der Waals surface area contributed by atoms with Crippen molar-refractivity contribution in [2.75, 3.05) is 25.6 Å². The lowest BCUT2D eigenvalue weighted by atomic mass is 9.98. The first-order chi connectivity index (χ1) is 16.2. The molecule has 0 amide bonds. The van der Waals surface area contributed by atoms with E-state index in [1.54, 1.807) is 0 Å². The smallest absolute Gasteiger partial charge is 0.184 e. The molecule has 7 atom stereocenters. The number of hydrogen-bond donors (Lipinski definition) is 1. The summed E-state index contributed by atoms with van der Waals surface area (Å²) < 4.78 is 44.0. The summed E-state index contributed by atoms with van der Waals surface area (Å²) in [5.74, 6) is 0.432. The number of hydrogen-bond acceptors (Lipinski definition) is 7. The Balaban J connectivity index is 1.59. The molecule has 2 saturated heterocycles. The molecule has 0 unspecified atom stereocenters. The highest BCUT2D eigenvalue weighted by molar-refractivity contribution is 7.85.